The number of nitrogens with two attached hydrogens (primary N) is 1. The number of hydrogen-bond acceptors (Lipinski definition) is 2. The zero-order valence-electron chi connectivity index (χ0n) is 12.5. The molecule has 1 heterocycles. The van der Waals surface area contributed by atoms with Gasteiger partial charge in [0.2, 0.25) is 0 Å². The number of benzene rings is 1. The summed E-state index contributed by atoms with van der Waals surface area (Å²) in [5.41, 5.74) is 7.31. The molecule has 1 saturated carbocycles. The Kier molecular flexibility index (Phi) is 4.74. The van der Waals surface area contributed by atoms with Crippen LogP contribution in [0.25, 0.3) is 0 Å². The maximum absolute atomic E-state index is 5.78. The first-order valence-corrected chi connectivity index (χ1v) is 8.32. The highest BCUT2D eigenvalue weighted by Crippen LogP contribution is 2.32. The summed E-state index contributed by atoms with van der Waals surface area (Å²) in [6.45, 7) is 4.77. The van der Waals surface area contributed by atoms with Crippen molar-refractivity contribution in [2.24, 2.45) is 17.6 Å². The molecule has 2 heteroatoms. The minimum absolute atomic E-state index is 0.761. The van der Waals surface area contributed by atoms with Gasteiger partial charge in [-0.1, -0.05) is 30.3 Å². The van der Waals surface area contributed by atoms with Gasteiger partial charge in [0.1, 0.15) is 0 Å². The average molecular weight is 272 g/mol. The third-order valence-electron chi connectivity index (χ3n) is 5.36. The monoisotopic (exact) mass is 272 g/mol. The minimum atomic E-state index is 0.761. The highest BCUT2D eigenvalue weighted by Gasteiger charge is 2.27. The molecule has 0 spiro atoms. The highest BCUT2D eigenvalue weighted by molar-refractivity contribution is 5.21. The van der Waals surface area contributed by atoms with E-state index in [1.807, 2.05) is 0 Å². The molecule has 20 heavy (non-hydrogen) atoms. The van der Waals surface area contributed by atoms with Gasteiger partial charge in [0.05, 0.1) is 0 Å². The van der Waals surface area contributed by atoms with Crippen molar-refractivity contribution in [3.05, 3.63) is 35.9 Å². The van der Waals surface area contributed by atoms with Crippen molar-refractivity contribution in [3.63, 3.8) is 0 Å². The van der Waals surface area contributed by atoms with Crippen molar-refractivity contribution in [1.82, 2.24) is 4.90 Å². The minimum Gasteiger partial charge on any atom is -0.330 e. The first kappa shape index (κ1) is 14.1. The van der Waals surface area contributed by atoms with E-state index < -0.39 is 0 Å². The number of likely N-dealkylation sites (tertiary alicyclic amines) is 1. The molecule has 1 aromatic rings. The average Bonchev–Trinajstić information content (AvgIpc) is 2.97. The summed E-state index contributed by atoms with van der Waals surface area (Å²) >= 11 is 0. The van der Waals surface area contributed by atoms with Gasteiger partial charge in [0.15, 0.2) is 0 Å². The summed E-state index contributed by atoms with van der Waals surface area (Å²) in [7, 11) is 0. The van der Waals surface area contributed by atoms with Crippen LogP contribution in [-0.4, -0.2) is 31.1 Å². The van der Waals surface area contributed by atoms with Gasteiger partial charge in [-0.15, -0.1) is 0 Å². The molecule has 0 amide bonds. The fourth-order valence-electron chi connectivity index (χ4n) is 4.01. The molecule has 1 atom stereocenters. The van der Waals surface area contributed by atoms with Crippen LogP contribution >= 0.6 is 0 Å². The SMILES string of the molecule is NCC1CCC(CN2CCC(c3ccccc3)C2)CC1. The van der Waals surface area contributed by atoms with Crippen LogP contribution in [0.4, 0.5) is 0 Å². The second-order valence-electron chi connectivity index (χ2n) is 6.78. The summed E-state index contributed by atoms with van der Waals surface area (Å²) < 4.78 is 0. The van der Waals surface area contributed by atoms with Gasteiger partial charge in [-0.2, -0.15) is 0 Å². The lowest BCUT2D eigenvalue weighted by molar-refractivity contribution is 0.204. The molecule has 2 nitrogen and oxygen atoms in total. The lowest BCUT2D eigenvalue weighted by Gasteiger charge is -2.30. The van der Waals surface area contributed by atoms with Crippen molar-refractivity contribution in [2.45, 2.75) is 38.0 Å². The van der Waals surface area contributed by atoms with E-state index in [1.165, 1.54) is 57.3 Å². The van der Waals surface area contributed by atoms with Crippen LogP contribution in [-0.2, 0) is 0 Å². The largest absolute Gasteiger partial charge is 0.330 e. The Labute approximate surface area is 123 Å². The van der Waals surface area contributed by atoms with E-state index in [0.29, 0.717) is 0 Å². The molecule has 3 rings (SSSR count). The first-order chi connectivity index (χ1) is 9.85. The Morgan fingerprint density at radius 3 is 2.35 bits per heavy atom. The Bertz CT molecular complexity index is 395. The molecule has 110 valence electrons. The Morgan fingerprint density at radius 2 is 1.65 bits per heavy atom. The predicted octanol–water partition coefficient (Wildman–Crippen LogP) is 3.24. The van der Waals surface area contributed by atoms with Crippen LogP contribution in [0.15, 0.2) is 30.3 Å². The second kappa shape index (κ2) is 6.73. The lowest BCUT2D eigenvalue weighted by atomic mass is 9.82. The first-order valence-electron chi connectivity index (χ1n) is 8.32. The van der Waals surface area contributed by atoms with E-state index in [-0.39, 0.29) is 0 Å². The standard InChI is InChI=1S/C18H28N2/c19-12-15-6-8-16(9-7-15)13-20-11-10-18(14-20)17-4-2-1-3-5-17/h1-5,15-16,18H,6-14,19H2. The summed E-state index contributed by atoms with van der Waals surface area (Å²) in [5, 5.41) is 0. The fraction of sp³-hybridized carbons (Fsp3) is 0.667. The van der Waals surface area contributed by atoms with Crippen LogP contribution < -0.4 is 5.73 Å². The van der Waals surface area contributed by atoms with Gasteiger partial charge in [0, 0.05) is 13.1 Å². The topological polar surface area (TPSA) is 29.3 Å². The molecule has 1 aliphatic carbocycles. The maximum Gasteiger partial charge on any atom is 0.00509 e. The van der Waals surface area contributed by atoms with E-state index >= 15 is 0 Å². The predicted molar refractivity (Wildman–Crippen MR) is 84.7 cm³/mol. The van der Waals surface area contributed by atoms with Crippen molar-refractivity contribution in [3.8, 4) is 0 Å². The molecule has 0 aromatic heterocycles. The number of rotatable bonds is 4. The van der Waals surface area contributed by atoms with Gasteiger partial charge in [-0.05, 0) is 68.5 Å². The lowest BCUT2D eigenvalue weighted by Crippen LogP contribution is -2.31. The Hall–Kier alpha value is -0.860. The van der Waals surface area contributed by atoms with E-state index in [0.717, 1.165) is 24.3 Å². The van der Waals surface area contributed by atoms with Crippen LogP contribution in [0.5, 0.6) is 0 Å². The van der Waals surface area contributed by atoms with Crippen LogP contribution in [0, 0.1) is 11.8 Å². The molecular formula is C18H28N2. The molecule has 0 radical (unpaired) electrons. The van der Waals surface area contributed by atoms with Gasteiger partial charge < -0.3 is 10.6 Å². The van der Waals surface area contributed by atoms with E-state index in [2.05, 4.69) is 35.2 Å². The summed E-state index contributed by atoms with van der Waals surface area (Å²) in [6.07, 6.45) is 6.85. The highest BCUT2D eigenvalue weighted by atomic mass is 15.1. The summed E-state index contributed by atoms with van der Waals surface area (Å²) in [5.74, 6) is 2.49. The van der Waals surface area contributed by atoms with Gasteiger partial charge in [-0.3, -0.25) is 0 Å². The smallest absolute Gasteiger partial charge is 0.00509 e. The fourth-order valence-corrected chi connectivity index (χ4v) is 4.01. The van der Waals surface area contributed by atoms with Crippen LogP contribution in [0.1, 0.15) is 43.6 Å². The van der Waals surface area contributed by atoms with Gasteiger partial charge >= 0.3 is 0 Å². The number of hydrogen-bond donors (Lipinski definition) is 1. The quantitative estimate of drug-likeness (QED) is 0.911. The third kappa shape index (κ3) is 3.42. The maximum atomic E-state index is 5.78. The molecule has 1 aliphatic heterocycles. The Balaban J connectivity index is 1.46. The molecule has 2 fully saturated rings. The summed E-state index contributed by atoms with van der Waals surface area (Å²) in [4.78, 5) is 2.70. The molecule has 1 unspecified atom stereocenters. The van der Waals surface area contributed by atoms with E-state index in [1.54, 1.807) is 0 Å². The van der Waals surface area contributed by atoms with E-state index in [9.17, 15) is 0 Å². The molecule has 1 aromatic carbocycles. The molecule has 1 saturated heterocycles. The molecular weight excluding hydrogens is 244 g/mol. The number of nitrogens with zero attached hydrogens (tertiary/aromatic N) is 1. The molecule has 0 bridgehead atoms. The van der Waals surface area contributed by atoms with Gasteiger partial charge in [-0.25, -0.2) is 0 Å². The normalized spacial score (nSPS) is 31.6. The zero-order valence-corrected chi connectivity index (χ0v) is 12.5. The Morgan fingerprint density at radius 1 is 0.950 bits per heavy atom. The van der Waals surface area contributed by atoms with Crippen molar-refractivity contribution < 1.29 is 0 Å². The molecule has 2 aliphatic rings. The third-order valence-corrected chi connectivity index (χ3v) is 5.36. The zero-order chi connectivity index (χ0) is 13.8. The van der Waals surface area contributed by atoms with Crippen LogP contribution in [0.3, 0.4) is 0 Å². The van der Waals surface area contributed by atoms with Crippen LogP contribution in [0.2, 0.25) is 0 Å². The van der Waals surface area contributed by atoms with Gasteiger partial charge in [0.25, 0.3) is 0 Å². The second-order valence-corrected chi connectivity index (χ2v) is 6.78. The van der Waals surface area contributed by atoms with Crippen molar-refractivity contribution >= 4 is 0 Å². The van der Waals surface area contributed by atoms with E-state index in [4.69, 9.17) is 5.73 Å². The molecule has 2 N–H and O–H groups in total. The van der Waals surface area contributed by atoms with Crippen molar-refractivity contribution in [1.29, 1.82) is 0 Å². The van der Waals surface area contributed by atoms with Crippen molar-refractivity contribution in [2.75, 3.05) is 26.2 Å². The summed E-state index contributed by atoms with van der Waals surface area (Å²) in [6, 6.07) is 11.0.